The molecule has 0 aromatic heterocycles. The molecule has 2 N–H and O–H groups in total. The third kappa shape index (κ3) is 3.10. The van der Waals surface area contributed by atoms with Gasteiger partial charge in [-0.25, -0.2) is 4.39 Å². The summed E-state index contributed by atoms with van der Waals surface area (Å²) in [5, 5.41) is 10.7. The van der Waals surface area contributed by atoms with Gasteiger partial charge in [-0.1, -0.05) is 0 Å². The van der Waals surface area contributed by atoms with Crippen molar-refractivity contribution in [3.8, 4) is 11.5 Å². The van der Waals surface area contributed by atoms with E-state index in [4.69, 9.17) is 10.5 Å². The molecule has 104 valence electrons. The molecule has 2 rings (SSSR count). The van der Waals surface area contributed by atoms with E-state index in [1.54, 1.807) is 19.1 Å². The molecular formula is C14H13FN2O3. The summed E-state index contributed by atoms with van der Waals surface area (Å²) in [5.74, 6) is 0.104. The van der Waals surface area contributed by atoms with E-state index in [0.29, 0.717) is 16.9 Å². The third-order valence-electron chi connectivity index (χ3n) is 2.78. The zero-order valence-corrected chi connectivity index (χ0v) is 10.8. The molecule has 0 atom stereocenters. The van der Waals surface area contributed by atoms with E-state index in [1.165, 1.54) is 24.3 Å². The van der Waals surface area contributed by atoms with Gasteiger partial charge in [-0.05, 0) is 36.2 Å². The highest BCUT2D eigenvalue weighted by Crippen LogP contribution is 2.29. The van der Waals surface area contributed by atoms with Crippen LogP contribution in [0.2, 0.25) is 0 Å². The summed E-state index contributed by atoms with van der Waals surface area (Å²) in [5.41, 5.74) is 6.68. The van der Waals surface area contributed by atoms with Gasteiger partial charge in [0.1, 0.15) is 17.3 Å². The minimum atomic E-state index is -0.511. The summed E-state index contributed by atoms with van der Waals surface area (Å²) >= 11 is 0. The molecule has 0 unspecified atom stereocenters. The van der Waals surface area contributed by atoms with Crippen LogP contribution in [0.1, 0.15) is 11.1 Å². The number of ether oxygens (including phenoxy) is 1. The van der Waals surface area contributed by atoms with Crippen LogP contribution in [0.5, 0.6) is 11.5 Å². The standard InChI is InChI=1S/C14H13FN2O3/c1-9-2-3-12(17(18)19)7-14(9)20-13-5-10(8-16)4-11(15)6-13/h2-7H,8,16H2,1H3. The van der Waals surface area contributed by atoms with Crippen molar-refractivity contribution in [2.45, 2.75) is 13.5 Å². The molecule has 0 spiro atoms. The van der Waals surface area contributed by atoms with Gasteiger partial charge in [-0.15, -0.1) is 0 Å². The zero-order chi connectivity index (χ0) is 14.7. The second-order valence-corrected chi connectivity index (χ2v) is 4.31. The minimum Gasteiger partial charge on any atom is -0.457 e. The highest BCUT2D eigenvalue weighted by Gasteiger charge is 2.11. The SMILES string of the molecule is Cc1ccc([N+](=O)[O-])cc1Oc1cc(F)cc(CN)c1. The number of nitrogens with zero attached hydrogens (tertiary/aromatic N) is 1. The fraction of sp³-hybridized carbons (Fsp3) is 0.143. The number of benzene rings is 2. The lowest BCUT2D eigenvalue weighted by atomic mass is 10.2. The van der Waals surface area contributed by atoms with Crippen LogP contribution < -0.4 is 10.5 Å². The number of halogens is 1. The minimum absolute atomic E-state index is 0.0824. The van der Waals surface area contributed by atoms with Crippen molar-refractivity contribution >= 4 is 5.69 Å². The lowest BCUT2D eigenvalue weighted by Gasteiger charge is -2.10. The Bertz CT molecular complexity index is 659. The Labute approximate surface area is 114 Å². The molecule has 0 fully saturated rings. The molecule has 5 nitrogen and oxygen atoms in total. The summed E-state index contributed by atoms with van der Waals surface area (Å²) < 4.78 is 18.9. The lowest BCUT2D eigenvalue weighted by molar-refractivity contribution is -0.384. The highest BCUT2D eigenvalue weighted by molar-refractivity contribution is 5.46. The highest BCUT2D eigenvalue weighted by atomic mass is 19.1. The van der Waals surface area contributed by atoms with Crippen molar-refractivity contribution in [3.05, 3.63) is 63.5 Å². The van der Waals surface area contributed by atoms with Gasteiger partial charge in [-0.3, -0.25) is 10.1 Å². The van der Waals surface area contributed by atoms with E-state index in [1.807, 2.05) is 0 Å². The van der Waals surface area contributed by atoms with Crippen LogP contribution in [-0.2, 0) is 6.54 Å². The van der Waals surface area contributed by atoms with E-state index in [2.05, 4.69) is 0 Å². The van der Waals surface area contributed by atoms with Crippen molar-refractivity contribution in [1.82, 2.24) is 0 Å². The van der Waals surface area contributed by atoms with Crippen molar-refractivity contribution in [2.75, 3.05) is 0 Å². The number of hydrogen-bond acceptors (Lipinski definition) is 4. The molecular weight excluding hydrogens is 263 g/mol. The average Bonchev–Trinajstić information content (AvgIpc) is 2.40. The van der Waals surface area contributed by atoms with Gasteiger partial charge in [0.2, 0.25) is 0 Å². The van der Waals surface area contributed by atoms with Crippen molar-refractivity contribution < 1.29 is 14.1 Å². The van der Waals surface area contributed by atoms with Crippen LogP contribution in [0.15, 0.2) is 36.4 Å². The molecule has 0 amide bonds. The Morgan fingerprint density at radius 1 is 1.30 bits per heavy atom. The number of non-ortho nitro benzene ring substituents is 1. The van der Waals surface area contributed by atoms with E-state index >= 15 is 0 Å². The van der Waals surface area contributed by atoms with Crippen LogP contribution in [0, 0.1) is 22.9 Å². The first-order valence-corrected chi connectivity index (χ1v) is 5.92. The Morgan fingerprint density at radius 3 is 2.70 bits per heavy atom. The number of nitro groups is 1. The molecule has 2 aromatic rings. The summed E-state index contributed by atoms with van der Waals surface area (Å²) in [6.07, 6.45) is 0. The van der Waals surface area contributed by atoms with Crippen LogP contribution in [0.25, 0.3) is 0 Å². The van der Waals surface area contributed by atoms with E-state index in [0.717, 1.165) is 0 Å². The van der Waals surface area contributed by atoms with E-state index < -0.39 is 10.7 Å². The molecule has 20 heavy (non-hydrogen) atoms. The normalized spacial score (nSPS) is 10.3. The molecule has 0 saturated carbocycles. The zero-order valence-electron chi connectivity index (χ0n) is 10.8. The molecule has 0 heterocycles. The van der Waals surface area contributed by atoms with Crippen LogP contribution in [-0.4, -0.2) is 4.92 Å². The second-order valence-electron chi connectivity index (χ2n) is 4.31. The van der Waals surface area contributed by atoms with Gasteiger partial charge in [0.25, 0.3) is 5.69 Å². The van der Waals surface area contributed by atoms with Crippen LogP contribution in [0.3, 0.4) is 0 Å². The molecule has 6 heteroatoms. The monoisotopic (exact) mass is 276 g/mol. The summed E-state index contributed by atoms with van der Waals surface area (Å²) in [6.45, 7) is 1.93. The molecule has 0 saturated heterocycles. The van der Waals surface area contributed by atoms with Gasteiger partial charge < -0.3 is 10.5 Å². The molecule has 0 radical (unpaired) electrons. The number of rotatable bonds is 4. The molecule has 0 bridgehead atoms. The van der Waals surface area contributed by atoms with Gasteiger partial charge in [-0.2, -0.15) is 0 Å². The van der Waals surface area contributed by atoms with E-state index in [-0.39, 0.29) is 18.0 Å². The predicted molar refractivity (Wildman–Crippen MR) is 72.2 cm³/mol. The maximum Gasteiger partial charge on any atom is 0.273 e. The molecule has 0 aliphatic carbocycles. The Morgan fingerprint density at radius 2 is 2.05 bits per heavy atom. The van der Waals surface area contributed by atoms with E-state index in [9.17, 15) is 14.5 Å². The third-order valence-corrected chi connectivity index (χ3v) is 2.78. The van der Waals surface area contributed by atoms with Crippen molar-refractivity contribution in [1.29, 1.82) is 0 Å². The Kier molecular flexibility index (Phi) is 3.95. The van der Waals surface area contributed by atoms with Gasteiger partial charge >= 0.3 is 0 Å². The summed E-state index contributed by atoms with van der Waals surface area (Å²) in [6, 6.07) is 8.39. The topological polar surface area (TPSA) is 78.4 Å². The van der Waals surface area contributed by atoms with Crippen LogP contribution in [0.4, 0.5) is 10.1 Å². The summed E-state index contributed by atoms with van der Waals surface area (Å²) in [7, 11) is 0. The first kappa shape index (κ1) is 14.0. The fourth-order valence-corrected chi connectivity index (χ4v) is 1.74. The molecule has 2 aromatic carbocycles. The van der Waals surface area contributed by atoms with Gasteiger partial charge in [0.15, 0.2) is 0 Å². The number of nitro benzene ring substituents is 1. The largest absolute Gasteiger partial charge is 0.457 e. The quantitative estimate of drug-likeness (QED) is 0.686. The predicted octanol–water partition coefficient (Wildman–Crippen LogP) is 3.29. The van der Waals surface area contributed by atoms with Gasteiger partial charge in [0.05, 0.1) is 11.0 Å². The number of nitrogens with two attached hydrogens (primary N) is 1. The molecule has 0 aliphatic heterocycles. The maximum absolute atomic E-state index is 13.4. The van der Waals surface area contributed by atoms with Crippen LogP contribution >= 0.6 is 0 Å². The number of hydrogen-bond donors (Lipinski definition) is 1. The maximum atomic E-state index is 13.4. The molecule has 0 aliphatic rings. The average molecular weight is 276 g/mol. The van der Waals surface area contributed by atoms with Gasteiger partial charge in [0, 0.05) is 18.7 Å². The smallest absolute Gasteiger partial charge is 0.273 e. The second kappa shape index (κ2) is 5.66. The lowest BCUT2D eigenvalue weighted by Crippen LogP contribution is -1.98. The Hall–Kier alpha value is -2.47. The Balaban J connectivity index is 2.36. The first-order chi connectivity index (χ1) is 9.49. The van der Waals surface area contributed by atoms with Crippen molar-refractivity contribution in [2.24, 2.45) is 5.73 Å². The number of aryl methyl sites for hydroxylation is 1. The summed E-state index contributed by atoms with van der Waals surface area (Å²) in [4.78, 5) is 10.2. The first-order valence-electron chi connectivity index (χ1n) is 5.92. The van der Waals surface area contributed by atoms with Crippen molar-refractivity contribution in [3.63, 3.8) is 0 Å². The fourth-order valence-electron chi connectivity index (χ4n) is 1.74.